The lowest BCUT2D eigenvalue weighted by Crippen LogP contribution is -2.32. The van der Waals surface area contributed by atoms with Gasteiger partial charge in [-0.2, -0.15) is 0 Å². The second-order valence-corrected chi connectivity index (χ2v) is 7.41. The number of hydrogen-bond donors (Lipinski definition) is 1. The fourth-order valence-electron chi connectivity index (χ4n) is 3.88. The fourth-order valence-corrected chi connectivity index (χ4v) is 3.88. The first-order valence-electron chi connectivity index (χ1n) is 9.74. The molecule has 4 heterocycles. The second kappa shape index (κ2) is 7.97. The van der Waals surface area contributed by atoms with E-state index in [0.717, 1.165) is 36.3 Å². The van der Waals surface area contributed by atoms with Crippen LogP contribution in [0.25, 0.3) is 0 Å². The van der Waals surface area contributed by atoms with E-state index in [4.69, 9.17) is 4.98 Å². The highest BCUT2D eigenvalue weighted by molar-refractivity contribution is 5.29. The van der Waals surface area contributed by atoms with Gasteiger partial charge in [-0.05, 0) is 68.5 Å². The Bertz CT molecular complexity index is 907. The van der Waals surface area contributed by atoms with Crippen LogP contribution in [0.3, 0.4) is 0 Å². The molecule has 0 radical (unpaired) electrons. The van der Waals surface area contributed by atoms with Gasteiger partial charge in [0.25, 0.3) is 0 Å². The molecule has 3 aromatic rings. The quantitative estimate of drug-likeness (QED) is 0.738. The van der Waals surface area contributed by atoms with Crippen molar-refractivity contribution in [3.63, 3.8) is 0 Å². The van der Waals surface area contributed by atoms with E-state index in [-0.39, 0.29) is 6.04 Å². The first kappa shape index (κ1) is 17.8. The second-order valence-electron chi connectivity index (χ2n) is 7.41. The van der Waals surface area contributed by atoms with Crippen molar-refractivity contribution in [1.82, 2.24) is 20.3 Å². The molecule has 4 heteroatoms. The largest absolute Gasteiger partial charge is 0.300 e. The highest BCUT2D eigenvalue weighted by Crippen LogP contribution is 2.32. The first-order valence-corrected chi connectivity index (χ1v) is 9.74. The van der Waals surface area contributed by atoms with E-state index in [1.54, 1.807) is 0 Å². The maximum Gasteiger partial charge on any atom is 0.0605 e. The normalized spacial score (nSPS) is 19.8. The molecule has 2 atom stereocenters. The highest BCUT2D eigenvalue weighted by Gasteiger charge is 2.26. The van der Waals surface area contributed by atoms with Crippen LogP contribution in [-0.2, 0) is 6.42 Å². The summed E-state index contributed by atoms with van der Waals surface area (Å²) in [6.45, 7) is 4.27. The maximum absolute atomic E-state index is 5.04. The minimum Gasteiger partial charge on any atom is -0.300 e. The van der Waals surface area contributed by atoms with Crippen molar-refractivity contribution in [2.75, 3.05) is 0 Å². The Kier molecular flexibility index (Phi) is 5.26. The van der Waals surface area contributed by atoms with E-state index in [9.17, 15) is 0 Å². The molecule has 138 valence electrons. The topological polar surface area (TPSA) is 50.7 Å². The van der Waals surface area contributed by atoms with Gasteiger partial charge >= 0.3 is 0 Å². The van der Waals surface area contributed by atoms with Crippen LogP contribution in [0.2, 0.25) is 0 Å². The smallest absolute Gasteiger partial charge is 0.0605 e. The van der Waals surface area contributed by atoms with E-state index in [2.05, 4.69) is 59.5 Å². The molecule has 1 fully saturated rings. The third-order valence-electron chi connectivity index (χ3n) is 5.42. The Balaban J connectivity index is 1.57. The summed E-state index contributed by atoms with van der Waals surface area (Å²) in [4.78, 5) is 14.1. The van der Waals surface area contributed by atoms with Gasteiger partial charge in [-0.1, -0.05) is 18.2 Å². The Labute approximate surface area is 161 Å². The summed E-state index contributed by atoms with van der Waals surface area (Å²) >= 11 is 0. The Hall–Kier alpha value is -2.59. The summed E-state index contributed by atoms with van der Waals surface area (Å²) in [5, 5.41) is 3.79. The van der Waals surface area contributed by atoms with Crippen LogP contribution in [0.1, 0.15) is 65.2 Å². The lowest BCUT2D eigenvalue weighted by Gasteiger charge is -2.31. The zero-order valence-corrected chi connectivity index (χ0v) is 16.0. The van der Waals surface area contributed by atoms with Crippen molar-refractivity contribution >= 4 is 0 Å². The summed E-state index contributed by atoms with van der Waals surface area (Å²) in [7, 11) is 0. The summed E-state index contributed by atoms with van der Waals surface area (Å²) in [6, 6.07) is 15.1. The van der Waals surface area contributed by atoms with E-state index in [0.29, 0.717) is 6.04 Å². The average molecular weight is 358 g/mol. The lowest BCUT2D eigenvalue weighted by molar-refractivity contribution is 0.320. The minimum absolute atomic E-state index is 0.274. The van der Waals surface area contributed by atoms with Crippen molar-refractivity contribution in [3.8, 4) is 0 Å². The standard InChI is InChI=1S/C23H26N4/c1-16-7-6-14-25-22(16)15-18-12-11-17(2)23(26-18)21-10-5-9-20(27-21)19-8-3-4-13-24-19/h3-4,6-8,11-14,20-21,27H,5,9-10,15H2,1-2H3/t20-,21+/m0/s1. The Morgan fingerprint density at radius 1 is 0.889 bits per heavy atom. The van der Waals surface area contributed by atoms with E-state index < -0.39 is 0 Å². The number of nitrogens with zero attached hydrogens (tertiary/aromatic N) is 3. The van der Waals surface area contributed by atoms with Crippen molar-refractivity contribution < 1.29 is 0 Å². The first-order chi connectivity index (χ1) is 13.2. The number of hydrogen-bond acceptors (Lipinski definition) is 4. The van der Waals surface area contributed by atoms with Crippen LogP contribution >= 0.6 is 0 Å². The molecule has 0 saturated carbocycles. The van der Waals surface area contributed by atoms with Gasteiger partial charge in [-0.3, -0.25) is 15.0 Å². The third kappa shape index (κ3) is 4.06. The highest BCUT2D eigenvalue weighted by atomic mass is 15.0. The van der Waals surface area contributed by atoms with Gasteiger partial charge in [0, 0.05) is 36.2 Å². The van der Waals surface area contributed by atoms with Crippen LogP contribution in [0.15, 0.2) is 54.9 Å². The summed E-state index contributed by atoms with van der Waals surface area (Å²) in [5.74, 6) is 0. The molecule has 4 rings (SSSR count). The number of rotatable bonds is 4. The van der Waals surface area contributed by atoms with Gasteiger partial charge in [0.15, 0.2) is 0 Å². The lowest BCUT2D eigenvalue weighted by atomic mass is 9.92. The van der Waals surface area contributed by atoms with E-state index in [1.165, 1.54) is 23.2 Å². The van der Waals surface area contributed by atoms with Crippen LogP contribution in [0, 0.1) is 13.8 Å². The van der Waals surface area contributed by atoms with Gasteiger partial charge < -0.3 is 5.32 Å². The summed E-state index contributed by atoms with van der Waals surface area (Å²) < 4.78 is 0. The summed E-state index contributed by atoms with van der Waals surface area (Å²) in [6.07, 6.45) is 7.93. The number of aromatic nitrogens is 3. The van der Waals surface area contributed by atoms with Crippen molar-refractivity contribution in [2.24, 2.45) is 0 Å². The summed E-state index contributed by atoms with van der Waals surface area (Å²) in [5.41, 5.74) is 6.94. The molecular formula is C23H26N4. The predicted molar refractivity (Wildman–Crippen MR) is 107 cm³/mol. The number of aryl methyl sites for hydroxylation is 2. The zero-order valence-electron chi connectivity index (χ0n) is 16.0. The van der Waals surface area contributed by atoms with Gasteiger partial charge in [-0.25, -0.2) is 0 Å². The molecule has 0 amide bonds. The maximum atomic E-state index is 5.04. The molecule has 27 heavy (non-hydrogen) atoms. The molecule has 3 aromatic heterocycles. The Morgan fingerprint density at radius 3 is 2.56 bits per heavy atom. The number of nitrogens with one attached hydrogen (secondary N) is 1. The molecule has 1 aliphatic heterocycles. The predicted octanol–water partition coefficient (Wildman–Crippen LogP) is 4.64. The van der Waals surface area contributed by atoms with Crippen LogP contribution in [0.4, 0.5) is 0 Å². The molecule has 0 unspecified atom stereocenters. The monoisotopic (exact) mass is 358 g/mol. The molecule has 0 bridgehead atoms. The molecule has 0 aromatic carbocycles. The number of pyridine rings is 3. The van der Waals surface area contributed by atoms with E-state index in [1.807, 2.05) is 24.5 Å². The minimum atomic E-state index is 0.274. The number of piperidine rings is 1. The molecule has 0 aliphatic carbocycles. The fraction of sp³-hybridized carbons (Fsp3) is 0.348. The van der Waals surface area contributed by atoms with Gasteiger partial charge in [0.05, 0.1) is 17.4 Å². The Morgan fingerprint density at radius 2 is 1.74 bits per heavy atom. The molecule has 1 saturated heterocycles. The SMILES string of the molecule is Cc1cccnc1Cc1ccc(C)c([C@H]2CCC[C@@H](c3ccccn3)N2)n1. The molecule has 1 aliphatic rings. The molecular weight excluding hydrogens is 332 g/mol. The van der Waals surface area contributed by atoms with Crippen molar-refractivity contribution in [3.05, 3.63) is 88.8 Å². The molecule has 1 N–H and O–H groups in total. The molecule has 4 nitrogen and oxygen atoms in total. The van der Waals surface area contributed by atoms with Gasteiger partial charge in [-0.15, -0.1) is 0 Å². The molecule has 0 spiro atoms. The van der Waals surface area contributed by atoms with Gasteiger partial charge in [0.1, 0.15) is 0 Å². The van der Waals surface area contributed by atoms with Crippen molar-refractivity contribution in [2.45, 2.75) is 51.6 Å². The van der Waals surface area contributed by atoms with E-state index >= 15 is 0 Å². The van der Waals surface area contributed by atoms with Crippen LogP contribution in [-0.4, -0.2) is 15.0 Å². The van der Waals surface area contributed by atoms with Crippen molar-refractivity contribution in [1.29, 1.82) is 0 Å². The average Bonchev–Trinajstić information content (AvgIpc) is 2.72. The van der Waals surface area contributed by atoms with Gasteiger partial charge in [0.2, 0.25) is 0 Å². The zero-order chi connectivity index (χ0) is 18.6. The third-order valence-corrected chi connectivity index (χ3v) is 5.42. The van der Waals surface area contributed by atoms with Crippen LogP contribution < -0.4 is 5.32 Å². The van der Waals surface area contributed by atoms with Crippen LogP contribution in [0.5, 0.6) is 0 Å².